The fraction of sp³-hybridized carbons (Fsp3) is 0.222. The van der Waals surface area contributed by atoms with Crippen molar-refractivity contribution in [2.75, 3.05) is 18.0 Å². The van der Waals surface area contributed by atoms with E-state index in [9.17, 15) is 9.59 Å². The van der Waals surface area contributed by atoms with E-state index in [0.29, 0.717) is 33.7 Å². The SMILES string of the molecule is CC(=O)N(CC(=O)NCCc1ccc(Cl)cc1)c1cc(Cl)cc(Cl)c1. The van der Waals surface area contributed by atoms with Crippen molar-refractivity contribution < 1.29 is 9.59 Å². The largest absolute Gasteiger partial charge is 0.354 e. The van der Waals surface area contributed by atoms with Gasteiger partial charge in [-0.05, 0) is 42.3 Å². The van der Waals surface area contributed by atoms with Gasteiger partial charge >= 0.3 is 0 Å². The Balaban J connectivity index is 1.93. The van der Waals surface area contributed by atoms with Crippen molar-refractivity contribution in [3.8, 4) is 0 Å². The molecule has 2 rings (SSSR count). The van der Waals surface area contributed by atoms with Gasteiger partial charge in [0, 0.05) is 34.2 Å². The number of hydrogen-bond donors (Lipinski definition) is 1. The van der Waals surface area contributed by atoms with E-state index in [1.165, 1.54) is 11.8 Å². The summed E-state index contributed by atoms with van der Waals surface area (Å²) in [4.78, 5) is 25.4. The van der Waals surface area contributed by atoms with Crippen molar-refractivity contribution in [1.82, 2.24) is 5.32 Å². The van der Waals surface area contributed by atoms with E-state index in [0.717, 1.165) is 5.56 Å². The van der Waals surface area contributed by atoms with Gasteiger partial charge in [0.25, 0.3) is 0 Å². The van der Waals surface area contributed by atoms with Gasteiger partial charge in [0.05, 0.1) is 0 Å². The fourth-order valence-corrected chi connectivity index (χ4v) is 2.92. The van der Waals surface area contributed by atoms with Gasteiger partial charge in [-0.1, -0.05) is 46.9 Å². The quantitative estimate of drug-likeness (QED) is 0.784. The van der Waals surface area contributed by atoms with E-state index in [4.69, 9.17) is 34.8 Å². The predicted octanol–water partition coefficient (Wildman–Crippen LogP) is 4.36. The number of amides is 2. The lowest BCUT2D eigenvalue weighted by Crippen LogP contribution is -2.40. The zero-order valence-corrected chi connectivity index (χ0v) is 15.8. The lowest BCUT2D eigenvalue weighted by molar-refractivity contribution is -0.123. The van der Waals surface area contributed by atoms with E-state index in [1.54, 1.807) is 30.3 Å². The summed E-state index contributed by atoms with van der Waals surface area (Å²) in [7, 11) is 0. The van der Waals surface area contributed by atoms with Crippen molar-refractivity contribution in [3.05, 3.63) is 63.1 Å². The van der Waals surface area contributed by atoms with Crippen LogP contribution in [-0.2, 0) is 16.0 Å². The van der Waals surface area contributed by atoms with Crippen LogP contribution in [0.2, 0.25) is 15.1 Å². The highest BCUT2D eigenvalue weighted by Crippen LogP contribution is 2.25. The van der Waals surface area contributed by atoms with E-state index in [2.05, 4.69) is 5.32 Å². The lowest BCUT2D eigenvalue weighted by Gasteiger charge is -2.21. The van der Waals surface area contributed by atoms with Gasteiger partial charge in [-0.3, -0.25) is 9.59 Å². The number of rotatable bonds is 6. The number of anilines is 1. The maximum Gasteiger partial charge on any atom is 0.240 e. The maximum absolute atomic E-state index is 12.2. The molecular formula is C18H17Cl3N2O2. The monoisotopic (exact) mass is 398 g/mol. The minimum absolute atomic E-state index is 0.105. The van der Waals surface area contributed by atoms with Gasteiger partial charge in [-0.25, -0.2) is 0 Å². The molecule has 0 bridgehead atoms. The number of nitrogens with zero attached hydrogens (tertiary/aromatic N) is 1. The van der Waals surface area contributed by atoms with Crippen LogP contribution in [0.25, 0.3) is 0 Å². The Morgan fingerprint density at radius 3 is 2.12 bits per heavy atom. The third-order valence-electron chi connectivity index (χ3n) is 3.49. The first-order valence-corrected chi connectivity index (χ1v) is 8.74. The third-order valence-corrected chi connectivity index (χ3v) is 4.18. The first-order valence-electron chi connectivity index (χ1n) is 7.60. The number of hydrogen-bond acceptors (Lipinski definition) is 2. The van der Waals surface area contributed by atoms with E-state index < -0.39 is 0 Å². The molecule has 4 nitrogen and oxygen atoms in total. The summed E-state index contributed by atoms with van der Waals surface area (Å²) < 4.78 is 0. The van der Waals surface area contributed by atoms with Crippen LogP contribution in [0.1, 0.15) is 12.5 Å². The van der Waals surface area contributed by atoms with Crippen LogP contribution in [0.15, 0.2) is 42.5 Å². The molecule has 0 saturated carbocycles. The highest BCUT2D eigenvalue weighted by Gasteiger charge is 2.16. The molecule has 0 saturated heterocycles. The van der Waals surface area contributed by atoms with Crippen LogP contribution in [0, 0.1) is 0 Å². The summed E-state index contributed by atoms with van der Waals surface area (Å²) in [6, 6.07) is 12.2. The number of carbonyl (C=O) groups is 2. The molecule has 0 atom stereocenters. The standard InChI is InChI=1S/C18H17Cl3N2O2/c1-12(24)23(17-9-15(20)8-16(21)10-17)11-18(25)22-7-6-13-2-4-14(19)5-3-13/h2-5,8-10H,6-7,11H2,1H3,(H,22,25). The Kier molecular flexibility index (Phi) is 7.12. The Bertz CT molecular complexity index is 743. The van der Waals surface area contributed by atoms with Gasteiger partial charge in [0.15, 0.2) is 0 Å². The molecule has 1 N–H and O–H groups in total. The summed E-state index contributed by atoms with van der Waals surface area (Å²) >= 11 is 17.8. The topological polar surface area (TPSA) is 49.4 Å². The Morgan fingerprint density at radius 2 is 1.56 bits per heavy atom. The summed E-state index contributed by atoms with van der Waals surface area (Å²) in [5, 5.41) is 4.27. The maximum atomic E-state index is 12.2. The Morgan fingerprint density at radius 1 is 0.960 bits per heavy atom. The van der Waals surface area contributed by atoms with Crippen molar-refractivity contribution in [3.63, 3.8) is 0 Å². The van der Waals surface area contributed by atoms with E-state index in [-0.39, 0.29) is 18.4 Å². The number of halogens is 3. The van der Waals surface area contributed by atoms with Crippen LogP contribution < -0.4 is 10.2 Å². The average molecular weight is 400 g/mol. The number of benzene rings is 2. The van der Waals surface area contributed by atoms with Crippen LogP contribution in [-0.4, -0.2) is 24.9 Å². The molecule has 2 aromatic carbocycles. The summed E-state index contributed by atoms with van der Waals surface area (Å²) in [5.41, 5.74) is 1.55. The molecule has 2 aromatic rings. The van der Waals surface area contributed by atoms with Crippen molar-refractivity contribution >= 4 is 52.3 Å². The molecule has 0 aliphatic rings. The highest BCUT2D eigenvalue weighted by atomic mass is 35.5. The second-order valence-electron chi connectivity index (χ2n) is 5.46. The molecule has 2 amide bonds. The van der Waals surface area contributed by atoms with Crippen LogP contribution in [0.4, 0.5) is 5.69 Å². The smallest absolute Gasteiger partial charge is 0.240 e. The van der Waals surface area contributed by atoms with Crippen LogP contribution in [0.3, 0.4) is 0 Å². The lowest BCUT2D eigenvalue weighted by atomic mass is 10.1. The molecule has 0 aliphatic heterocycles. The van der Waals surface area contributed by atoms with Gasteiger partial charge in [0.1, 0.15) is 6.54 Å². The Labute approximate surface area is 161 Å². The van der Waals surface area contributed by atoms with Gasteiger partial charge in [-0.2, -0.15) is 0 Å². The number of nitrogens with one attached hydrogen (secondary N) is 1. The van der Waals surface area contributed by atoms with Crippen molar-refractivity contribution in [1.29, 1.82) is 0 Å². The van der Waals surface area contributed by atoms with Crippen molar-refractivity contribution in [2.45, 2.75) is 13.3 Å². The second-order valence-corrected chi connectivity index (χ2v) is 6.77. The van der Waals surface area contributed by atoms with Crippen LogP contribution in [0.5, 0.6) is 0 Å². The second kappa shape index (κ2) is 9.09. The third kappa shape index (κ3) is 6.24. The van der Waals surface area contributed by atoms with Gasteiger partial charge in [-0.15, -0.1) is 0 Å². The van der Waals surface area contributed by atoms with Crippen LogP contribution >= 0.6 is 34.8 Å². The first-order chi connectivity index (χ1) is 11.8. The van der Waals surface area contributed by atoms with Gasteiger partial charge < -0.3 is 10.2 Å². The summed E-state index contributed by atoms with van der Waals surface area (Å²) in [5.74, 6) is -0.536. The fourth-order valence-electron chi connectivity index (χ4n) is 2.28. The van der Waals surface area contributed by atoms with Crippen molar-refractivity contribution in [2.24, 2.45) is 0 Å². The summed E-state index contributed by atoms with van der Waals surface area (Å²) in [6.07, 6.45) is 0.673. The van der Waals surface area contributed by atoms with Gasteiger partial charge in [0.2, 0.25) is 11.8 Å². The molecule has 0 radical (unpaired) electrons. The molecule has 7 heteroatoms. The first kappa shape index (κ1) is 19.6. The zero-order chi connectivity index (χ0) is 18.4. The molecule has 0 unspecified atom stereocenters. The molecule has 0 fully saturated rings. The van der Waals surface area contributed by atoms with E-state index >= 15 is 0 Å². The predicted molar refractivity (Wildman–Crippen MR) is 103 cm³/mol. The molecule has 25 heavy (non-hydrogen) atoms. The average Bonchev–Trinajstić information content (AvgIpc) is 2.53. The molecule has 0 spiro atoms. The summed E-state index contributed by atoms with van der Waals surface area (Å²) in [6.45, 7) is 1.74. The molecule has 132 valence electrons. The normalized spacial score (nSPS) is 10.4. The zero-order valence-electron chi connectivity index (χ0n) is 13.6. The molecule has 0 aromatic heterocycles. The molecule has 0 aliphatic carbocycles. The molecule has 0 heterocycles. The minimum atomic E-state index is -0.272. The van der Waals surface area contributed by atoms with E-state index in [1.807, 2.05) is 12.1 Å². The molecular weight excluding hydrogens is 383 g/mol. The Hall–Kier alpha value is -1.75. The number of carbonyl (C=O) groups excluding carboxylic acids is 2. The highest BCUT2D eigenvalue weighted by molar-refractivity contribution is 6.35. The minimum Gasteiger partial charge on any atom is -0.354 e.